The number of anilines is 1. The van der Waals surface area contributed by atoms with E-state index < -0.39 is 22.9 Å². The second-order valence-corrected chi connectivity index (χ2v) is 11.4. The van der Waals surface area contributed by atoms with Gasteiger partial charge in [-0.3, -0.25) is 14.4 Å². The molecule has 4 aromatic carbocycles. The van der Waals surface area contributed by atoms with E-state index in [-0.39, 0.29) is 18.4 Å². The third-order valence-corrected chi connectivity index (χ3v) is 8.23. The molecule has 1 aliphatic rings. The number of rotatable bonds is 7. The number of primary amides is 1. The number of nitrogens with zero attached hydrogens (tertiary/aromatic N) is 1. The monoisotopic (exact) mass is 561 g/mol. The molecule has 0 saturated heterocycles. The molecule has 0 radical (unpaired) electrons. The minimum absolute atomic E-state index is 0.185. The Morgan fingerprint density at radius 1 is 0.833 bits per heavy atom. The largest absolute Gasteiger partial charge is 0.484 e. The Labute approximate surface area is 246 Å². The van der Waals surface area contributed by atoms with Crippen molar-refractivity contribution in [1.29, 1.82) is 0 Å². The molecule has 0 saturated carbocycles. The van der Waals surface area contributed by atoms with Gasteiger partial charge in [0.15, 0.2) is 6.61 Å². The molecule has 1 aliphatic heterocycles. The molecule has 1 heterocycles. The summed E-state index contributed by atoms with van der Waals surface area (Å²) in [4.78, 5) is 40.2. The highest BCUT2D eigenvalue weighted by molar-refractivity contribution is 5.98. The van der Waals surface area contributed by atoms with E-state index in [2.05, 4.69) is 12.2 Å². The van der Waals surface area contributed by atoms with E-state index in [0.29, 0.717) is 17.0 Å². The van der Waals surface area contributed by atoms with Crippen LogP contribution in [0, 0.1) is 0 Å². The van der Waals surface area contributed by atoms with Crippen LogP contribution in [0.15, 0.2) is 103 Å². The Hall–Kier alpha value is -4.91. The molecular weight excluding hydrogens is 526 g/mol. The maximum absolute atomic E-state index is 13.9. The van der Waals surface area contributed by atoms with Gasteiger partial charge in [-0.05, 0) is 61.2 Å². The van der Waals surface area contributed by atoms with Crippen LogP contribution in [0.1, 0.15) is 49.2 Å². The SMILES string of the molecule is CC(=O)N1c2cc(OCC(N)=O)ccc2C(C)(c2ccccc2)C(NC(=O)c2ccc(-c3ccccc3)cc2)C1(C)C. The van der Waals surface area contributed by atoms with E-state index >= 15 is 0 Å². The Morgan fingerprint density at radius 3 is 2.02 bits per heavy atom. The minimum Gasteiger partial charge on any atom is -0.484 e. The van der Waals surface area contributed by atoms with E-state index in [9.17, 15) is 14.4 Å². The average molecular weight is 562 g/mol. The molecule has 4 aromatic rings. The summed E-state index contributed by atoms with van der Waals surface area (Å²) in [6.45, 7) is 7.24. The molecule has 214 valence electrons. The molecule has 7 nitrogen and oxygen atoms in total. The first-order chi connectivity index (χ1) is 20.0. The summed E-state index contributed by atoms with van der Waals surface area (Å²) in [7, 11) is 0. The van der Waals surface area contributed by atoms with E-state index in [0.717, 1.165) is 22.3 Å². The fourth-order valence-corrected chi connectivity index (χ4v) is 6.34. The fraction of sp³-hybridized carbons (Fsp3) is 0.229. The van der Waals surface area contributed by atoms with Crippen LogP contribution in [0.2, 0.25) is 0 Å². The van der Waals surface area contributed by atoms with Crippen LogP contribution < -0.4 is 20.7 Å². The van der Waals surface area contributed by atoms with Gasteiger partial charge in [-0.25, -0.2) is 0 Å². The molecule has 7 heteroatoms. The minimum atomic E-state index is -0.870. The number of carbonyl (C=O) groups excluding carboxylic acids is 3. The first kappa shape index (κ1) is 28.6. The van der Waals surface area contributed by atoms with Gasteiger partial charge in [-0.15, -0.1) is 0 Å². The van der Waals surface area contributed by atoms with Crippen molar-refractivity contribution in [1.82, 2.24) is 5.32 Å². The van der Waals surface area contributed by atoms with E-state index in [1.54, 1.807) is 17.0 Å². The predicted octanol–water partition coefficient (Wildman–Crippen LogP) is 5.47. The van der Waals surface area contributed by atoms with Gasteiger partial charge in [0.1, 0.15) is 5.75 Å². The Bertz CT molecular complexity index is 1620. The summed E-state index contributed by atoms with van der Waals surface area (Å²) in [6, 6.07) is 32.4. The molecule has 3 N–H and O–H groups in total. The van der Waals surface area contributed by atoms with Crippen LogP contribution in [0.5, 0.6) is 5.75 Å². The number of amides is 3. The standard InChI is InChI=1S/C35H35N3O4/c1-23(39)38-30-21-28(42-22-31(36)40)19-20-29(30)35(4,27-13-9-6-10-14-27)33(34(38,2)3)37-32(41)26-17-15-25(16-18-26)24-11-7-5-8-12-24/h5-21,33H,22H2,1-4H3,(H2,36,40)(H,37,41). The summed E-state index contributed by atoms with van der Waals surface area (Å²) < 4.78 is 5.61. The van der Waals surface area contributed by atoms with Gasteiger partial charge >= 0.3 is 0 Å². The van der Waals surface area contributed by atoms with Crippen LogP contribution >= 0.6 is 0 Å². The lowest BCUT2D eigenvalue weighted by Gasteiger charge is -2.57. The fourth-order valence-electron chi connectivity index (χ4n) is 6.34. The van der Waals surface area contributed by atoms with Gasteiger partial charge in [0.05, 0.1) is 17.3 Å². The van der Waals surface area contributed by atoms with Crippen LogP contribution in [-0.4, -0.2) is 35.9 Å². The summed E-state index contributed by atoms with van der Waals surface area (Å²) in [5, 5.41) is 3.33. The number of hydrogen-bond donors (Lipinski definition) is 2. The number of fused-ring (bicyclic) bond motifs is 1. The van der Waals surface area contributed by atoms with Gasteiger partial charge in [0.25, 0.3) is 11.8 Å². The smallest absolute Gasteiger partial charge is 0.255 e. The van der Waals surface area contributed by atoms with Gasteiger partial charge in [0, 0.05) is 24.0 Å². The van der Waals surface area contributed by atoms with Crippen molar-refractivity contribution in [2.45, 2.75) is 44.7 Å². The zero-order chi connectivity index (χ0) is 30.1. The van der Waals surface area contributed by atoms with Crippen molar-refractivity contribution in [2.75, 3.05) is 11.5 Å². The van der Waals surface area contributed by atoms with Gasteiger partial charge in [-0.2, -0.15) is 0 Å². The van der Waals surface area contributed by atoms with E-state index in [1.807, 2.05) is 105 Å². The Balaban J connectivity index is 1.60. The Kier molecular flexibility index (Phi) is 7.61. The van der Waals surface area contributed by atoms with Crippen molar-refractivity contribution >= 4 is 23.4 Å². The van der Waals surface area contributed by atoms with Crippen LogP contribution in [0.4, 0.5) is 5.69 Å². The van der Waals surface area contributed by atoms with Crippen molar-refractivity contribution in [3.8, 4) is 16.9 Å². The number of nitrogens with one attached hydrogen (secondary N) is 1. The lowest BCUT2D eigenvalue weighted by atomic mass is 9.61. The molecule has 3 amide bonds. The van der Waals surface area contributed by atoms with Crippen molar-refractivity contribution in [3.63, 3.8) is 0 Å². The average Bonchev–Trinajstić information content (AvgIpc) is 2.98. The third-order valence-electron chi connectivity index (χ3n) is 8.23. The number of benzene rings is 4. The first-order valence-electron chi connectivity index (χ1n) is 13.9. The zero-order valence-electron chi connectivity index (χ0n) is 24.3. The summed E-state index contributed by atoms with van der Waals surface area (Å²) in [5.41, 5.74) is 8.78. The second kappa shape index (κ2) is 11.2. The molecule has 42 heavy (non-hydrogen) atoms. The molecule has 5 rings (SSSR count). The molecular formula is C35H35N3O4. The molecule has 0 aliphatic carbocycles. The lowest BCUT2D eigenvalue weighted by Crippen LogP contribution is -2.70. The Morgan fingerprint density at radius 2 is 1.43 bits per heavy atom. The number of nitrogens with two attached hydrogens (primary N) is 1. The molecule has 2 unspecified atom stereocenters. The highest BCUT2D eigenvalue weighted by Gasteiger charge is 2.55. The zero-order valence-corrected chi connectivity index (χ0v) is 24.3. The van der Waals surface area contributed by atoms with E-state index in [4.69, 9.17) is 10.5 Å². The topological polar surface area (TPSA) is 102 Å². The number of carbonyl (C=O) groups is 3. The molecule has 0 aromatic heterocycles. The van der Waals surface area contributed by atoms with Crippen molar-refractivity contribution < 1.29 is 19.1 Å². The highest BCUT2D eigenvalue weighted by Crippen LogP contribution is 2.51. The summed E-state index contributed by atoms with van der Waals surface area (Å²) >= 11 is 0. The lowest BCUT2D eigenvalue weighted by molar-refractivity contribution is -0.120. The maximum Gasteiger partial charge on any atom is 0.255 e. The van der Waals surface area contributed by atoms with E-state index in [1.165, 1.54) is 6.92 Å². The second-order valence-electron chi connectivity index (χ2n) is 11.4. The predicted molar refractivity (Wildman–Crippen MR) is 164 cm³/mol. The summed E-state index contributed by atoms with van der Waals surface area (Å²) in [6.07, 6.45) is 0. The summed E-state index contributed by atoms with van der Waals surface area (Å²) in [5.74, 6) is -0.589. The van der Waals surface area contributed by atoms with Crippen LogP contribution in [-0.2, 0) is 15.0 Å². The number of ether oxygens (including phenoxy) is 1. The molecule has 0 fully saturated rings. The quantitative estimate of drug-likeness (QED) is 0.313. The van der Waals surface area contributed by atoms with Gasteiger partial charge in [0.2, 0.25) is 5.91 Å². The van der Waals surface area contributed by atoms with Crippen LogP contribution in [0.25, 0.3) is 11.1 Å². The van der Waals surface area contributed by atoms with Gasteiger partial charge < -0.3 is 20.7 Å². The van der Waals surface area contributed by atoms with Crippen molar-refractivity contribution in [3.05, 3.63) is 120 Å². The van der Waals surface area contributed by atoms with Crippen LogP contribution in [0.3, 0.4) is 0 Å². The highest BCUT2D eigenvalue weighted by atomic mass is 16.5. The number of hydrogen-bond acceptors (Lipinski definition) is 4. The first-order valence-corrected chi connectivity index (χ1v) is 13.9. The maximum atomic E-state index is 13.9. The molecule has 2 atom stereocenters. The normalized spacial score (nSPS) is 19.0. The molecule has 0 bridgehead atoms. The van der Waals surface area contributed by atoms with Crippen molar-refractivity contribution in [2.24, 2.45) is 5.73 Å². The molecule has 0 spiro atoms. The van der Waals surface area contributed by atoms with Gasteiger partial charge in [-0.1, -0.05) is 78.9 Å². The third kappa shape index (κ3) is 5.14.